The van der Waals surface area contributed by atoms with Crippen LogP contribution in [0.5, 0.6) is 0 Å². The molecule has 3 heteroatoms. The van der Waals surface area contributed by atoms with Gasteiger partial charge in [0, 0.05) is 18.1 Å². The van der Waals surface area contributed by atoms with Gasteiger partial charge in [-0.25, -0.2) is 0 Å². The quantitative estimate of drug-likeness (QED) is 0.677. The van der Waals surface area contributed by atoms with Crippen LogP contribution in [0.4, 0.5) is 0 Å². The Labute approximate surface area is 80.9 Å². The molecule has 0 aromatic rings. The van der Waals surface area contributed by atoms with Crippen LogP contribution >= 0.6 is 0 Å². The maximum atomic E-state index is 9.21. The van der Waals surface area contributed by atoms with Crippen molar-refractivity contribution in [3.63, 3.8) is 0 Å². The van der Waals surface area contributed by atoms with Crippen molar-refractivity contribution in [2.24, 2.45) is 5.73 Å². The van der Waals surface area contributed by atoms with Crippen LogP contribution in [-0.2, 0) is 0 Å². The topological polar surface area (TPSA) is 49.5 Å². The Kier molecular flexibility index (Phi) is 4.16. The molecule has 13 heavy (non-hydrogen) atoms. The third-order valence-corrected chi connectivity index (χ3v) is 3.17. The number of rotatable bonds is 3. The number of aliphatic hydroxyl groups excluding tert-OH is 1. The Morgan fingerprint density at radius 2 is 2.15 bits per heavy atom. The molecule has 1 rings (SSSR count). The summed E-state index contributed by atoms with van der Waals surface area (Å²) in [5.74, 6) is 0. The molecule has 0 spiro atoms. The normalized spacial score (nSPS) is 30.0. The molecule has 1 aliphatic heterocycles. The van der Waals surface area contributed by atoms with Crippen LogP contribution in [0.1, 0.15) is 33.1 Å². The first-order valence-electron chi connectivity index (χ1n) is 5.29. The van der Waals surface area contributed by atoms with Gasteiger partial charge in [0.25, 0.3) is 0 Å². The van der Waals surface area contributed by atoms with Gasteiger partial charge in [0.1, 0.15) is 0 Å². The molecule has 3 nitrogen and oxygen atoms in total. The number of nitrogens with zero attached hydrogens (tertiary/aromatic N) is 1. The summed E-state index contributed by atoms with van der Waals surface area (Å²) >= 11 is 0. The van der Waals surface area contributed by atoms with Gasteiger partial charge < -0.3 is 10.8 Å². The second-order valence-corrected chi connectivity index (χ2v) is 4.17. The predicted octanol–water partition coefficient (Wildman–Crippen LogP) is 0.569. The molecule has 0 aromatic carbocycles. The van der Waals surface area contributed by atoms with Crippen LogP contribution in [-0.4, -0.2) is 41.3 Å². The zero-order chi connectivity index (χ0) is 9.84. The molecule has 1 saturated heterocycles. The van der Waals surface area contributed by atoms with Crippen molar-refractivity contribution in [1.29, 1.82) is 0 Å². The summed E-state index contributed by atoms with van der Waals surface area (Å²) in [5.41, 5.74) is 5.86. The number of aliphatic hydroxyl groups is 1. The average Bonchev–Trinajstić information content (AvgIpc) is 2.16. The fourth-order valence-electron chi connectivity index (χ4n) is 2.06. The van der Waals surface area contributed by atoms with Crippen molar-refractivity contribution < 1.29 is 5.11 Å². The summed E-state index contributed by atoms with van der Waals surface area (Å²) in [6.07, 6.45) is 3.61. The Hall–Kier alpha value is -0.120. The minimum absolute atomic E-state index is 0.187. The molecule has 0 aromatic heterocycles. The van der Waals surface area contributed by atoms with E-state index in [-0.39, 0.29) is 12.6 Å². The molecule has 1 fully saturated rings. The van der Waals surface area contributed by atoms with E-state index in [4.69, 9.17) is 5.73 Å². The molecule has 3 unspecified atom stereocenters. The lowest BCUT2D eigenvalue weighted by Gasteiger charge is -2.40. The fraction of sp³-hybridized carbons (Fsp3) is 1.00. The SMILES string of the molecule is CC(N)C(C)N1CCCCC1CO. The molecule has 0 saturated carbocycles. The van der Waals surface area contributed by atoms with Gasteiger partial charge in [-0.15, -0.1) is 0 Å². The standard InChI is InChI=1S/C10H22N2O/c1-8(11)9(2)12-6-4-3-5-10(12)7-13/h8-10,13H,3-7,11H2,1-2H3. The maximum absolute atomic E-state index is 9.21. The van der Waals surface area contributed by atoms with Crippen molar-refractivity contribution in [2.45, 2.75) is 51.2 Å². The predicted molar refractivity (Wildman–Crippen MR) is 54.5 cm³/mol. The highest BCUT2D eigenvalue weighted by Gasteiger charge is 2.27. The molecule has 78 valence electrons. The second kappa shape index (κ2) is 4.94. The van der Waals surface area contributed by atoms with E-state index in [2.05, 4.69) is 11.8 Å². The van der Waals surface area contributed by atoms with E-state index < -0.39 is 0 Å². The summed E-state index contributed by atoms with van der Waals surface area (Å²) in [4.78, 5) is 2.36. The number of hydrogen-bond donors (Lipinski definition) is 2. The van der Waals surface area contributed by atoms with E-state index in [1.165, 1.54) is 12.8 Å². The number of hydrogen-bond acceptors (Lipinski definition) is 3. The highest BCUT2D eigenvalue weighted by atomic mass is 16.3. The Balaban J connectivity index is 2.53. The van der Waals surface area contributed by atoms with Crippen LogP contribution < -0.4 is 5.73 Å². The highest BCUT2D eigenvalue weighted by molar-refractivity contribution is 4.83. The molecule has 1 aliphatic rings. The summed E-state index contributed by atoms with van der Waals surface area (Å²) < 4.78 is 0. The van der Waals surface area contributed by atoms with E-state index >= 15 is 0 Å². The van der Waals surface area contributed by atoms with Gasteiger partial charge in [-0.05, 0) is 33.2 Å². The monoisotopic (exact) mass is 186 g/mol. The van der Waals surface area contributed by atoms with Gasteiger partial charge >= 0.3 is 0 Å². The third-order valence-electron chi connectivity index (χ3n) is 3.17. The van der Waals surface area contributed by atoms with E-state index in [9.17, 15) is 5.11 Å². The van der Waals surface area contributed by atoms with Gasteiger partial charge in [0.05, 0.1) is 6.61 Å². The first-order valence-corrected chi connectivity index (χ1v) is 5.29. The zero-order valence-electron chi connectivity index (χ0n) is 8.74. The van der Waals surface area contributed by atoms with Crippen LogP contribution in [0.2, 0.25) is 0 Å². The molecule has 1 heterocycles. The molecule has 0 aliphatic carbocycles. The van der Waals surface area contributed by atoms with E-state index in [1.54, 1.807) is 0 Å². The minimum atomic E-state index is 0.187. The molecule has 3 atom stereocenters. The molecular weight excluding hydrogens is 164 g/mol. The van der Waals surface area contributed by atoms with Crippen molar-refractivity contribution in [1.82, 2.24) is 4.90 Å². The van der Waals surface area contributed by atoms with Crippen LogP contribution in [0.15, 0.2) is 0 Å². The Bertz CT molecular complexity index is 148. The van der Waals surface area contributed by atoms with Gasteiger partial charge in [-0.1, -0.05) is 6.42 Å². The lowest BCUT2D eigenvalue weighted by molar-refractivity contribution is 0.0519. The molecule has 0 amide bonds. The lowest BCUT2D eigenvalue weighted by atomic mass is 9.98. The van der Waals surface area contributed by atoms with E-state index in [0.717, 1.165) is 13.0 Å². The van der Waals surface area contributed by atoms with Gasteiger partial charge in [0.15, 0.2) is 0 Å². The Morgan fingerprint density at radius 1 is 1.46 bits per heavy atom. The fourth-order valence-corrected chi connectivity index (χ4v) is 2.06. The first-order chi connectivity index (χ1) is 6.16. The molecule has 0 bridgehead atoms. The second-order valence-electron chi connectivity index (χ2n) is 4.17. The average molecular weight is 186 g/mol. The van der Waals surface area contributed by atoms with E-state index in [1.807, 2.05) is 6.92 Å². The number of likely N-dealkylation sites (tertiary alicyclic amines) is 1. The Morgan fingerprint density at radius 3 is 2.69 bits per heavy atom. The minimum Gasteiger partial charge on any atom is -0.395 e. The lowest BCUT2D eigenvalue weighted by Crippen LogP contribution is -2.52. The van der Waals surface area contributed by atoms with Crippen LogP contribution in [0.3, 0.4) is 0 Å². The number of nitrogens with two attached hydrogens (primary N) is 1. The van der Waals surface area contributed by atoms with Crippen LogP contribution in [0, 0.1) is 0 Å². The largest absolute Gasteiger partial charge is 0.395 e. The third kappa shape index (κ3) is 2.66. The van der Waals surface area contributed by atoms with Gasteiger partial charge in [-0.2, -0.15) is 0 Å². The molecule has 0 radical (unpaired) electrons. The van der Waals surface area contributed by atoms with Crippen molar-refractivity contribution in [2.75, 3.05) is 13.2 Å². The molecular formula is C10H22N2O. The maximum Gasteiger partial charge on any atom is 0.0586 e. The summed E-state index contributed by atoms with van der Waals surface area (Å²) in [7, 11) is 0. The first kappa shape index (κ1) is 11.0. The van der Waals surface area contributed by atoms with Crippen LogP contribution in [0.25, 0.3) is 0 Å². The van der Waals surface area contributed by atoms with Crippen molar-refractivity contribution in [3.8, 4) is 0 Å². The van der Waals surface area contributed by atoms with E-state index in [0.29, 0.717) is 12.1 Å². The van der Waals surface area contributed by atoms with Gasteiger partial charge in [-0.3, -0.25) is 4.90 Å². The summed E-state index contributed by atoms with van der Waals surface area (Å²) in [6, 6.07) is 0.916. The van der Waals surface area contributed by atoms with Crippen molar-refractivity contribution in [3.05, 3.63) is 0 Å². The molecule has 3 N–H and O–H groups in total. The van der Waals surface area contributed by atoms with Crippen molar-refractivity contribution >= 4 is 0 Å². The zero-order valence-corrected chi connectivity index (χ0v) is 8.74. The number of piperidine rings is 1. The summed E-state index contributed by atoms with van der Waals surface area (Å²) in [6.45, 7) is 5.55. The smallest absolute Gasteiger partial charge is 0.0586 e. The highest BCUT2D eigenvalue weighted by Crippen LogP contribution is 2.19. The summed E-state index contributed by atoms with van der Waals surface area (Å²) in [5, 5.41) is 9.21. The van der Waals surface area contributed by atoms with Gasteiger partial charge in [0.2, 0.25) is 0 Å².